The third-order valence-electron chi connectivity index (χ3n) is 4.25. The zero-order valence-corrected chi connectivity index (χ0v) is 22.2. The Kier molecular flexibility index (Phi) is 9.86. The lowest BCUT2D eigenvalue weighted by Gasteiger charge is -2.19. The van der Waals surface area contributed by atoms with Gasteiger partial charge in [0.1, 0.15) is 12.2 Å². The predicted octanol–water partition coefficient (Wildman–Crippen LogP) is 3.87. The quantitative estimate of drug-likeness (QED) is 0.186. The molecule has 10 nitrogen and oxygen atoms in total. The highest BCUT2D eigenvalue weighted by molar-refractivity contribution is 8.00. The molecule has 2 amide bonds. The lowest BCUT2D eigenvalue weighted by atomic mass is 10.1. The van der Waals surface area contributed by atoms with E-state index in [1.807, 2.05) is 49.7 Å². The van der Waals surface area contributed by atoms with Gasteiger partial charge in [0, 0.05) is 42.9 Å². The van der Waals surface area contributed by atoms with Gasteiger partial charge in [-0.05, 0) is 38.5 Å². The van der Waals surface area contributed by atoms with Gasteiger partial charge >= 0.3 is 6.09 Å². The van der Waals surface area contributed by atoms with Gasteiger partial charge in [-0.2, -0.15) is 0 Å². The molecule has 3 rings (SSSR count). The van der Waals surface area contributed by atoms with Crippen molar-refractivity contribution in [1.29, 1.82) is 0 Å². The maximum Gasteiger partial charge on any atom is 0.407 e. The largest absolute Gasteiger partial charge is 0.444 e. The second-order valence-corrected chi connectivity index (χ2v) is 10.6. The first-order valence-electron chi connectivity index (χ1n) is 11.1. The number of carbonyl (C=O) groups excluding carboxylic acids is 2. The molecule has 0 aliphatic carbocycles. The van der Waals surface area contributed by atoms with Gasteiger partial charge < -0.3 is 24.7 Å². The molecule has 0 atom stereocenters. The lowest BCUT2D eigenvalue weighted by molar-refractivity contribution is -0.114. The highest BCUT2D eigenvalue weighted by Crippen LogP contribution is 2.29. The van der Waals surface area contributed by atoms with Crippen LogP contribution in [0, 0.1) is 11.8 Å². The molecule has 2 N–H and O–H groups in total. The fourth-order valence-electron chi connectivity index (χ4n) is 2.78. The molecule has 0 saturated heterocycles. The molecule has 0 aliphatic rings. The van der Waals surface area contributed by atoms with Crippen LogP contribution in [-0.2, 0) is 20.0 Å². The number of imidazole rings is 1. The molecule has 0 bridgehead atoms. The van der Waals surface area contributed by atoms with Crippen LogP contribution in [0.3, 0.4) is 0 Å². The summed E-state index contributed by atoms with van der Waals surface area (Å²) in [6.45, 7) is 7.73. The van der Waals surface area contributed by atoms with Crippen LogP contribution in [0.15, 0.2) is 41.3 Å². The Balaban J connectivity index is 1.59. The van der Waals surface area contributed by atoms with E-state index < -0.39 is 11.7 Å². The number of thioether (sulfide) groups is 1. The van der Waals surface area contributed by atoms with Crippen molar-refractivity contribution < 1.29 is 19.1 Å². The van der Waals surface area contributed by atoms with E-state index in [4.69, 9.17) is 9.47 Å². The molecule has 3 aromatic rings. The molecule has 36 heavy (non-hydrogen) atoms. The Morgan fingerprint density at radius 1 is 1.25 bits per heavy atom. The van der Waals surface area contributed by atoms with Gasteiger partial charge in [-0.25, -0.2) is 9.78 Å². The maximum absolute atomic E-state index is 11.7. The van der Waals surface area contributed by atoms with Crippen molar-refractivity contribution in [2.45, 2.75) is 43.4 Å². The standard InChI is InChI=1S/C24H28N6O4S2/c1-17(31)27-21-28-29-23(36-21)35-15-19-7-8-20(30-11-9-25-16-30)14-18(19)6-5-12-33-13-10-26-22(32)34-24(2,3)4/h7-9,11,14,16H,10,12-13,15H2,1-4H3,(H,26,32)(H,27,28,31). The van der Waals surface area contributed by atoms with Gasteiger partial charge in [0.25, 0.3) is 0 Å². The van der Waals surface area contributed by atoms with E-state index in [2.05, 4.69) is 37.7 Å². The average Bonchev–Trinajstić information content (AvgIpc) is 3.48. The molecule has 0 spiro atoms. The van der Waals surface area contributed by atoms with Crippen LogP contribution in [-0.4, -0.2) is 57.1 Å². The second-order valence-electron chi connectivity index (χ2n) is 8.44. The third-order valence-corrected chi connectivity index (χ3v) is 6.27. The van der Waals surface area contributed by atoms with E-state index in [0.29, 0.717) is 24.0 Å². The Labute approximate surface area is 218 Å². The van der Waals surface area contributed by atoms with E-state index in [1.165, 1.54) is 30.0 Å². The highest BCUT2D eigenvalue weighted by atomic mass is 32.2. The summed E-state index contributed by atoms with van der Waals surface area (Å²) in [5.74, 6) is 6.68. The summed E-state index contributed by atoms with van der Waals surface area (Å²) in [6.07, 6.45) is 4.84. The lowest BCUT2D eigenvalue weighted by Crippen LogP contribution is -2.34. The summed E-state index contributed by atoms with van der Waals surface area (Å²) >= 11 is 2.84. The SMILES string of the molecule is CC(=O)Nc1nnc(SCc2ccc(-n3ccnc3)cc2C#CCOCCNC(=O)OC(C)(C)C)s1. The molecule has 2 heterocycles. The number of carbonyl (C=O) groups is 2. The van der Waals surface area contributed by atoms with Gasteiger partial charge in [0.05, 0.1) is 12.9 Å². The van der Waals surface area contributed by atoms with Gasteiger partial charge in [0.15, 0.2) is 4.34 Å². The Hall–Kier alpha value is -3.40. The molecule has 1 aromatic carbocycles. The molecule has 0 aliphatic heterocycles. The summed E-state index contributed by atoms with van der Waals surface area (Å²) in [7, 11) is 0. The van der Waals surface area contributed by atoms with Crippen LogP contribution >= 0.6 is 23.1 Å². The molecule has 190 valence electrons. The smallest absolute Gasteiger partial charge is 0.407 e. The normalized spacial score (nSPS) is 10.9. The second kappa shape index (κ2) is 13.1. The molecule has 0 unspecified atom stereocenters. The van der Waals surface area contributed by atoms with Crippen LogP contribution in [0.1, 0.15) is 38.8 Å². The number of nitrogens with zero attached hydrogens (tertiary/aromatic N) is 4. The zero-order valence-electron chi connectivity index (χ0n) is 20.5. The molecule has 12 heteroatoms. The van der Waals surface area contributed by atoms with Gasteiger partial charge in [-0.15, -0.1) is 10.2 Å². The maximum atomic E-state index is 11.7. The number of hydrogen-bond acceptors (Lipinski definition) is 9. The van der Waals surface area contributed by atoms with Crippen molar-refractivity contribution in [3.05, 3.63) is 48.0 Å². The summed E-state index contributed by atoms with van der Waals surface area (Å²) in [6, 6.07) is 6.02. The number of benzene rings is 1. The molecule has 0 radical (unpaired) electrons. The number of amides is 2. The molecular weight excluding hydrogens is 500 g/mol. The summed E-state index contributed by atoms with van der Waals surface area (Å²) in [4.78, 5) is 27.0. The van der Waals surface area contributed by atoms with Crippen LogP contribution in [0.25, 0.3) is 5.69 Å². The van der Waals surface area contributed by atoms with E-state index in [9.17, 15) is 9.59 Å². The van der Waals surface area contributed by atoms with E-state index in [1.54, 1.807) is 12.5 Å². The van der Waals surface area contributed by atoms with Crippen molar-refractivity contribution in [3.8, 4) is 17.5 Å². The summed E-state index contributed by atoms with van der Waals surface area (Å²) in [5, 5.41) is 13.9. The molecule has 2 aromatic heterocycles. The fraction of sp³-hybridized carbons (Fsp3) is 0.375. The van der Waals surface area contributed by atoms with E-state index in [0.717, 1.165) is 21.2 Å². The van der Waals surface area contributed by atoms with Crippen molar-refractivity contribution >= 4 is 40.2 Å². The summed E-state index contributed by atoms with van der Waals surface area (Å²) in [5.41, 5.74) is 2.29. The van der Waals surface area contributed by atoms with Crippen LogP contribution in [0.2, 0.25) is 0 Å². The van der Waals surface area contributed by atoms with Crippen LogP contribution in [0.5, 0.6) is 0 Å². The van der Waals surface area contributed by atoms with Gasteiger partial charge in [-0.3, -0.25) is 4.79 Å². The predicted molar refractivity (Wildman–Crippen MR) is 139 cm³/mol. The zero-order chi connectivity index (χ0) is 26.0. The summed E-state index contributed by atoms with van der Waals surface area (Å²) < 4.78 is 13.4. The first kappa shape index (κ1) is 27.2. The van der Waals surface area contributed by atoms with E-state index >= 15 is 0 Å². The first-order valence-corrected chi connectivity index (χ1v) is 12.9. The van der Waals surface area contributed by atoms with Crippen molar-refractivity contribution in [2.75, 3.05) is 25.1 Å². The third kappa shape index (κ3) is 9.33. The van der Waals surface area contributed by atoms with Crippen molar-refractivity contribution in [2.24, 2.45) is 0 Å². The monoisotopic (exact) mass is 528 g/mol. The topological polar surface area (TPSA) is 120 Å². The highest BCUT2D eigenvalue weighted by Gasteiger charge is 2.15. The average molecular weight is 529 g/mol. The van der Waals surface area contributed by atoms with Gasteiger partial charge in [-0.1, -0.05) is 41.0 Å². The minimum absolute atomic E-state index is 0.182. The van der Waals surface area contributed by atoms with Crippen LogP contribution in [0.4, 0.5) is 9.93 Å². The number of ether oxygens (including phenoxy) is 2. The number of alkyl carbamates (subject to hydrolysis) is 1. The fourth-order valence-corrected chi connectivity index (χ4v) is 4.58. The minimum Gasteiger partial charge on any atom is -0.444 e. The molecule has 0 saturated carbocycles. The molecular formula is C24H28N6O4S2. The Morgan fingerprint density at radius 3 is 2.81 bits per heavy atom. The van der Waals surface area contributed by atoms with Crippen LogP contribution < -0.4 is 10.6 Å². The van der Waals surface area contributed by atoms with E-state index in [-0.39, 0.29) is 12.5 Å². The van der Waals surface area contributed by atoms with Crippen molar-refractivity contribution in [3.63, 3.8) is 0 Å². The first-order chi connectivity index (χ1) is 17.2. The van der Waals surface area contributed by atoms with Gasteiger partial charge in [0.2, 0.25) is 11.0 Å². The van der Waals surface area contributed by atoms with Crippen molar-refractivity contribution in [1.82, 2.24) is 25.1 Å². The Bertz CT molecular complexity index is 1230. The number of hydrogen-bond donors (Lipinski definition) is 2. The number of rotatable bonds is 9. The minimum atomic E-state index is -0.540. The number of nitrogens with one attached hydrogen (secondary N) is 2. The Morgan fingerprint density at radius 2 is 2.08 bits per heavy atom. The number of anilines is 1. The molecule has 0 fully saturated rings. The number of aromatic nitrogens is 4.